The molecule has 2 aromatic rings. The Morgan fingerprint density at radius 2 is 1.58 bits per heavy atom. The number of halogens is 1. The molecule has 0 aliphatic rings. The molecule has 0 saturated heterocycles. The molecule has 2 heteroatoms. The Morgan fingerprint density at radius 3 is 2.21 bits per heavy atom. The second-order valence-electron chi connectivity index (χ2n) is 5.17. The molecule has 0 aromatic heterocycles. The predicted molar refractivity (Wildman–Crippen MR) is 79.1 cm³/mol. The molecule has 0 fully saturated rings. The molecule has 100 valence electrons. The lowest BCUT2D eigenvalue weighted by atomic mass is 10.0. The maximum Gasteiger partial charge on any atom is 0.126 e. The molecule has 1 nitrogen and oxygen atoms in total. The van der Waals surface area contributed by atoms with Gasteiger partial charge in [0.15, 0.2) is 0 Å². The largest absolute Gasteiger partial charge is 0.379 e. The first-order chi connectivity index (χ1) is 8.97. The lowest BCUT2D eigenvalue weighted by Gasteiger charge is -2.17. The van der Waals surface area contributed by atoms with Crippen LogP contribution in [0.15, 0.2) is 36.4 Å². The number of benzene rings is 2. The van der Waals surface area contributed by atoms with Gasteiger partial charge in [-0.3, -0.25) is 0 Å². The Hall–Kier alpha value is -1.83. The average Bonchev–Trinajstić information content (AvgIpc) is 2.37. The van der Waals surface area contributed by atoms with E-state index in [2.05, 4.69) is 37.4 Å². The van der Waals surface area contributed by atoms with Crippen LogP contribution in [0.4, 0.5) is 10.1 Å². The zero-order valence-corrected chi connectivity index (χ0v) is 11.9. The number of hydrogen-bond acceptors (Lipinski definition) is 1. The quantitative estimate of drug-likeness (QED) is 0.822. The molecular formula is C17H20FN. The number of aryl methyl sites for hydroxylation is 3. The summed E-state index contributed by atoms with van der Waals surface area (Å²) in [5, 5.41) is 3.41. The molecule has 19 heavy (non-hydrogen) atoms. The standard InChI is InChI=1S/C17H20FN/c1-11-6-8-16(9-13(11)3)19-14(4)15-7-5-12(2)17(18)10-15/h5-10,14,19H,1-4H3. The van der Waals surface area contributed by atoms with Gasteiger partial charge in [0.05, 0.1) is 0 Å². The molecule has 1 atom stereocenters. The first kappa shape index (κ1) is 13.6. The van der Waals surface area contributed by atoms with Gasteiger partial charge in [-0.2, -0.15) is 0 Å². The van der Waals surface area contributed by atoms with Gasteiger partial charge in [0.2, 0.25) is 0 Å². The van der Waals surface area contributed by atoms with E-state index in [9.17, 15) is 4.39 Å². The van der Waals surface area contributed by atoms with Crippen molar-refractivity contribution in [2.24, 2.45) is 0 Å². The highest BCUT2D eigenvalue weighted by Gasteiger charge is 2.08. The van der Waals surface area contributed by atoms with E-state index < -0.39 is 0 Å². The van der Waals surface area contributed by atoms with Crippen molar-refractivity contribution in [1.29, 1.82) is 0 Å². The average molecular weight is 257 g/mol. The Bertz CT molecular complexity index is 590. The molecule has 0 heterocycles. The van der Waals surface area contributed by atoms with Crippen LogP contribution in [0.1, 0.15) is 35.2 Å². The van der Waals surface area contributed by atoms with Crippen LogP contribution in [-0.2, 0) is 0 Å². The van der Waals surface area contributed by atoms with Gasteiger partial charge in [-0.15, -0.1) is 0 Å². The minimum atomic E-state index is -0.147. The molecular weight excluding hydrogens is 237 g/mol. The highest BCUT2D eigenvalue weighted by molar-refractivity contribution is 5.49. The lowest BCUT2D eigenvalue weighted by molar-refractivity contribution is 0.614. The third-order valence-corrected chi connectivity index (χ3v) is 3.59. The van der Waals surface area contributed by atoms with Crippen LogP contribution in [0.25, 0.3) is 0 Å². The molecule has 0 aliphatic carbocycles. The minimum Gasteiger partial charge on any atom is -0.379 e. The van der Waals surface area contributed by atoms with Crippen molar-refractivity contribution >= 4 is 5.69 Å². The fraction of sp³-hybridized carbons (Fsp3) is 0.294. The summed E-state index contributed by atoms with van der Waals surface area (Å²) in [5.74, 6) is -0.147. The van der Waals surface area contributed by atoms with E-state index >= 15 is 0 Å². The van der Waals surface area contributed by atoms with Crippen molar-refractivity contribution in [1.82, 2.24) is 0 Å². The Morgan fingerprint density at radius 1 is 0.895 bits per heavy atom. The maximum absolute atomic E-state index is 13.6. The molecule has 0 amide bonds. The van der Waals surface area contributed by atoms with Crippen LogP contribution in [0.3, 0.4) is 0 Å². The predicted octanol–water partition coefficient (Wildman–Crippen LogP) is 4.92. The van der Waals surface area contributed by atoms with Crippen molar-refractivity contribution < 1.29 is 4.39 Å². The molecule has 0 bridgehead atoms. The summed E-state index contributed by atoms with van der Waals surface area (Å²) in [4.78, 5) is 0. The van der Waals surface area contributed by atoms with Crippen molar-refractivity contribution in [3.05, 3.63) is 64.5 Å². The van der Waals surface area contributed by atoms with Crippen LogP contribution in [0.5, 0.6) is 0 Å². The second kappa shape index (κ2) is 5.43. The molecule has 2 aromatic carbocycles. The summed E-state index contributed by atoms with van der Waals surface area (Å²) < 4.78 is 13.6. The molecule has 1 unspecified atom stereocenters. The van der Waals surface area contributed by atoms with Gasteiger partial charge >= 0.3 is 0 Å². The van der Waals surface area contributed by atoms with Gasteiger partial charge in [-0.1, -0.05) is 18.2 Å². The van der Waals surface area contributed by atoms with E-state index in [0.29, 0.717) is 5.56 Å². The van der Waals surface area contributed by atoms with E-state index in [4.69, 9.17) is 0 Å². The van der Waals surface area contributed by atoms with Crippen LogP contribution in [0, 0.1) is 26.6 Å². The van der Waals surface area contributed by atoms with Gasteiger partial charge in [0.25, 0.3) is 0 Å². The maximum atomic E-state index is 13.6. The summed E-state index contributed by atoms with van der Waals surface area (Å²) >= 11 is 0. The monoisotopic (exact) mass is 257 g/mol. The Labute approximate surface area is 114 Å². The number of hydrogen-bond donors (Lipinski definition) is 1. The van der Waals surface area contributed by atoms with Crippen molar-refractivity contribution in [3.63, 3.8) is 0 Å². The van der Waals surface area contributed by atoms with Crippen molar-refractivity contribution in [3.8, 4) is 0 Å². The SMILES string of the molecule is Cc1ccc(NC(C)c2ccc(C)c(F)c2)cc1C. The van der Waals surface area contributed by atoms with E-state index in [1.165, 1.54) is 11.1 Å². The van der Waals surface area contributed by atoms with Gasteiger partial charge in [0.1, 0.15) is 5.82 Å². The first-order valence-electron chi connectivity index (χ1n) is 6.57. The van der Waals surface area contributed by atoms with Gasteiger partial charge in [-0.25, -0.2) is 4.39 Å². The third kappa shape index (κ3) is 3.14. The van der Waals surface area contributed by atoms with Crippen molar-refractivity contribution in [2.75, 3.05) is 5.32 Å². The fourth-order valence-corrected chi connectivity index (χ4v) is 2.04. The van der Waals surface area contributed by atoms with Crippen LogP contribution in [-0.4, -0.2) is 0 Å². The highest BCUT2D eigenvalue weighted by atomic mass is 19.1. The molecule has 0 aliphatic heterocycles. The molecule has 1 N–H and O–H groups in total. The summed E-state index contributed by atoms with van der Waals surface area (Å²) in [6.07, 6.45) is 0. The number of rotatable bonds is 3. The first-order valence-corrected chi connectivity index (χ1v) is 6.57. The van der Waals surface area contributed by atoms with E-state index in [-0.39, 0.29) is 11.9 Å². The zero-order valence-electron chi connectivity index (χ0n) is 11.9. The minimum absolute atomic E-state index is 0.0807. The molecule has 0 radical (unpaired) electrons. The number of anilines is 1. The normalized spacial score (nSPS) is 12.3. The molecule has 0 saturated carbocycles. The summed E-state index contributed by atoms with van der Waals surface area (Å²) in [7, 11) is 0. The van der Waals surface area contributed by atoms with E-state index in [0.717, 1.165) is 11.3 Å². The lowest BCUT2D eigenvalue weighted by Crippen LogP contribution is -2.07. The van der Waals surface area contributed by atoms with Crippen LogP contribution >= 0.6 is 0 Å². The fourth-order valence-electron chi connectivity index (χ4n) is 2.04. The topological polar surface area (TPSA) is 12.0 Å². The van der Waals surface area contributed by atoms with Gasteiger partial charge in [-0.05, 0) is 68.1 Å². The summed E-state index contributed by atoms with van der Waals surface area (Å²) in [6.45, 7) is 8.01. The van der Waals surface area contributed by atoms with Crippen LogP contribution in [0.2, 0.25) is 0 Å². The number of nitrogens with one attached hydrogen (secondary N) is 1. The second-order valence-corrected chi connectivity index (χ2v) is 5.17. The third-order valence-electron chi connectivity index (χ3n) is 3.59. The Kier molecular flexibility index (Phi) is 3.89. The van der Waals surface area contributed by atoms with Crippen LogP contribution < -0.4 is 5.32 Å². The van der Waals surface area contributed by atoms with E-state index in [1.807, 2.05) is 19.1 Å². The van der Waals surface area contributed by atoms with Crippen molar-refractivity contribution in [2.45, 2.75) is 33.7 Å². The smallest absolute Gasteiger partial charge is 0.126 e. The van der Waals surface area contributed by atoms with E-state index in [1.54, 1.807) is 13.0 Å². The van der Waals surface area contributed by atoms with Gasteiger partial charge < -0.3 is 5.32 Å². The zero-order chi connectivity index (χ0) is 14.0. The summed E-state index contributed by atoms with van der Waals surface area (Å²) in [5.41, 5.74) is 5.24. The summed E-state index contributed by atoms with van der Waals surface area (Å²) in [6, 6.07) is 11.8. The van der Waals surface area contributed by atoms with Gasteiger partial charge in [0, 0.05) is 11.7 Å². The molecule has 0 spiro atoms. The highest BCUT2D eigenvalue weighted by Crippen LogP contribution is 2.22. The Balaban J connectivity index is 2.17. The molecule has 2 rings (SSSR count).